The first kappa shape index (κ1) is 24.1. The van der Waals surface area contributed by atoms with Crippen LogP contribution in [0.5, 0.6) is 11.5 Å². The first-order valence-electron chi connectivity index (χ1n) is 11.7. The number of ether oxygens (including phenoxy) is 2. The summed E-state index contributed by atoms with van der Waals surface area (Å²) in [6, 6.07) is 16.7. The summed E-state index contributed by atoms with van der Waals surface area (Å²) in [5.41, 5.74) is 1.09. The number of hydrogen-bond acceptors (Lipinski definition) is 6. The van der Waals surface area contributed by atoms with Crippen LogP contribution in [0.25, 0.3) is 5.76 Å². The summed E-state index contributed by atoms with van der Waals surface area (Å²) >= 11 is 0. The second-order valence-corrected chi connectivity index (χ2v) is 8.36. The van der Waals surface area contributed by atoms with Gasteiger partial charge in [-0.1, -0.05) is 44.0 Å². The summed E-state index contributed by atoms with van der Waals surface area (Å²) in [6.45, 7) is 2.85. The number of furan rings is 1. The molecule has 4 rings (SSSR count). The van der Waals surface area contributed by atoms with E-state index in [0.29, 0.717) is 35.0 Å². The Morgan fingerprint density at radius 2 is 1.83 bits per heavy atom. The lowest BCUT2D eigenvalue weighted by molar-refractivity contribution is -0.140. The minimum atomic E-state index is -0.791. The molecule has 1 atom stereocenters. The number of amides is 1. The Bertz CT molecular complexity index is 1200. The zero-order valence-corrected chi connectivity index (χ0v) is 19.9. The lowest BCUT2D eigenvalue weighted by Crippen LogP contribution is -2.29. The number of unbranched alkanes of at least 4 members (excludes halogenated alkanes) is 2. The third-order valence-electron chi connectivity index (χ3n) is 6.00. The van der Waals surface area contributed by atoms with Crippen molar-refractivity contribution in [3.63, 3.8) is 0 Å². The van der Waals surface area contributed by atoms with Gasteiger partial charge in [0.15, 0.2) is 0 Å². The van der Waals surface area contributed by atoms with Crippen LogP contribution in [0.1, 0.15) is 49.1 Å². The van der Waals surface area contributed by atoms with E-state index < -0.39 is 17.7 Å². The first-order valence-corrected chi connectivity index (χ1v) is 11.7. The number of Topliss-reactive ketones (excluding diaryl/α,β-unsaturated/α-hetero) is 1. The first-order chi connectivity index (χ1) is 17.0. The molecule has 1 fully saturated rings. The number of likely N-dealkylation sites (tertiary alicyclic amines) is 1. The number of benzene rings is 2. The molecule has 1 aromatic heterocycles. The van der Waals surface area contributed by atoms with Crippen molar-refractivity contribution in [1.82, 2.24) is 4.90 Å². The third-order valence-corrected chi connectivity index (χ3v) is 6.00. The fourth-order valence-electron chi connectivity index (χ4n) is 4.17. The van der Waals surface area contributed by atoms with Crippen LogP contribution in [0.2, 0.25) is 0 Å². The van der Waals surface area contributed by atoms with Crippen LogP contribution in [0.15, 0.2) is 76.9 Å². The molecule has 1 N–H and O–H groups in total. The maximum Gasteiger partial charge on any atom is 0.296 e. The topological polar surface area (TPSA) is 89.2 Å². The van der Waals surface area contributed by atoms with Gasteiger partial charge in [0, 0.05) is 5.56 Å². The predicted octanol–water partition coefficient (Wildman–Crippen LogP) is 5.48. The Kier molecular flexibility index (Phi) is 7.55. The van der Waals surface area contributed by atoms with Gasteiger partial charge in [0.1, 0.15) is 23.0 Å². The largest absolute Gasteiger partial charge is 0.507 e. The second kappa shape index (κ2) is 11.0. The lowest BCUT2D eigenvalue weighted by atomic mass is 9.95. The molecular weight excluding hydrogens is 446 g/mol. The highest BCUT2D eigenvalue weighted by atomic mass is 16.5. The van der Waals surface area contributed by atoms with Crippen LogP contribution in [0.3, 0.4) is 0 Å². The molecule has 0 bridgehead atoms. The van der Waals surface area contributed by atoms with E-state index >= 15 is 0 Å². The Hall–Kier alpha value is -4.00. The molecule has 1 saturated heterocycles. The standard InChI is InChI=1S/C28H29NO6/c1-3-4-5-15-34-21-13-11-19(12-14-21)25-24(26(30)20-8-6-9-22(17-20)33-2)27(31)28(32)29(25)18-23-10-7-16-35-23/h6-14,16-17,25,30H,3-5,15,18H2,1-2H3. The molecule has 182 valence electrons. The molecule has 0 aliphatic carbocycles. The van der Waals surface area contributed by atoms with Crippen molar-refractivity contribution < 1.29 is 28.6 Å². The van der Waals surface area contributed by atoms with Crippen molar-refractivity contribution in [2.24, 2.45) is 0 Å². The summed E-state index contributed by atoms with van der Waals surface area (Å²) in [7, 11) is 1.52. The van der Waals surface area contributed by atoms with Crippen molar-refractivity contribution in [3.05, 3.63) is 89.4 Å². The van der Waals surface area contributed by atoms with Gasteiger partial charge in [-0.05, 0) is 48.4 Å². The van der Waals surface area contributed by atoms with Gasteiger partial charge in [0.25, 0.3) is 11.7 Å². The third kappa shape index (κ3) is 5.24. The van der Waals surface area contributed by atoms with E-state index in [1.54, 1.807) is 36.4 Å². The van der Waals surface area contributed by atoms with Crippen molar-refractivity contribution in [2.75, 3.05) is 13.7 Å². The van der Waals surface area contributed by atoms with Crippen LogP contribution in [-0.4, -0.2) is 35.4 Å². The molecule has 0 spiro atoms. The van der Waals surface area contributed by atoms with Crippen LogP contribution in [-0.2, 0) is 16.1 Å². The van der Waals surface area contributed by atoms with Gasteiger partial charge < -0.3 is 23.9 Å². The molecule has 3 aromatic rings. The predicted molar refractivity (Wildman–Crippen MR) is 131 cm³/mol. The molecule has 35 heavy (non-hydrogen) atoms. The average molecular weight is 476 g/mol. The maximum atomic E-state index is 13.2. The van der Waals surface area contributed by atoms with Gasteiger partial charge in [-0.25, -0.2) is 0 Å². The van der Waals surface area contributed by atoms with Crippen LogP contribution < -0.4 is 9.47 Å². The van der Waals surface area contributed by atoms with Gasteiger partial charge in [0.2, 0.25) is 0 Å². The fourth-order valence-corrected chi connectivity index (χ4v) is 4.17. The van der Waals surface area contributed by atoms with Crippen molar-refractivity contribution >= 4 is 17.4 Å². The van der Waals surface area contributed by atoms with E-state index in [1.807, 2.05) is 24.3 Å². The Balaban J connectivity index is 1.73. The van der Waals surface area contributed by atoms with Gasteiger partial charge in [-0.15, -0.1) is 0 Å². The highest BCUT2D eigenvalue weighted by Crippen LogP contribution is 2.41. The molecule has 0 saturated carbocycles. The number of nitrogens with zero attached hydrogens (tertiary/aromatic N) is 1. The Labute approximate surface area is 204 Å². The molecule has 1 aliphatic heterocycles. The quantitative estimate of drug-likeness (QED) is 0.181. The lowest BCUT2D eigenvalue weighted by Gasteiger charge is -2.24. The second-order valence-electron chi connectivity index (χ2n) is 8.36. The van der Waals surface area contributed by atoms with E-state index in [1.165, 1.54) is 18.3 Å². The van der Waals surface area contributed by atoms with E-state index in [9.17, 15) is 14.7 Å². The van der Waals surface area contributed by atoms with Gasteiger partial charge in [-0.2, -0.15) is 0 Å². The smallest absolute Gasteiger partial charge is 0.296 e. The zero-order chi connectivity index (χ0) is 24.8. The average Bonchev–Trinajstić information content (AvgIpc) is 3.49. The number of rotatable bonds is 10. The summed E-state index contributed by atoms with van der Waals surface area (Å²) in [4.78, 5) is 27.7. The monoisotopic (exact) mass is 475 g/mol. The molecule has 7 heteroatoms. The number of aliphatic hydroxyl groups excluding tert-OH is 1. The number of carbonyl (C=O) groups excluding carboxylic acids is 2. The summed E-state index contributed by atoms with van der Waals surface area (Å²) in [6.07, 6.45) is 4.71. The van der Waals surface area contributed by atoms with Crippen molar-refractivity contribution in [2.45, 2.75) is 38.8 Å². The number of hydrogen-bond donors (Lipinski definition) is 1. The van der Waals surface area contributed by atoms with E-state index in [-0.39, 0.29) is 17.9 Å². The number of aliphatic hydroxyl groups is 1. The van der Waals surface area contributed by atoms with E-state index in [2.05, 4.69) is 6.92 Å². The van der Waals surface area contributed by atoms with E-state index in [0.717, 1.165) is 19.3 Å². The number of carbonyl (C=O) groups is 2. The Morgan fingerprint density at radius 3 is 2.51 bits per heavy atom. The zero-order valence-electron chi connectivity index (χ0n) is 19.9. The van der Waals surface area contributed by atoms with Gasteiger partial charge in [-0.3, -0.25) is 9.59 Å². The molecule has 2 heterocycles. The van der Waals surface area contributed by atoms with Crippen LogP contribution >= 0.6 is 0 Å². The molecule has 7 nitrogen and oxygen atoms in total. The highest BCUT2D eigenvalue weighted by molar-refractivity contribution is 6.46. The number of methoxy groups -OCH3 is 1. The summed E-state index contributed by atoms with van der Waals surface area (Å²) < 4.78 is 16.5. The molecule has 1 amide bonds. The molecule has 1 aliphatic rings. The van der Waals surface area contributed by atoms with Crippen LogP contribution in [0, 0.1) is 0 Å². The summed E-state index contributed by atoms with van der Waals surface area (Å²) in [5, 5.41) is 11.2. The molecule has 0 radical (unpaired) electrons. The van der Waals surface area contributed by atoms with Crippen molar-refractivity contribution in [3.8, 4) is 11.5 Å². The van der Waals surface area contributed by atoms with Crippen molar-refractivity contribution in [1.29, 1.82) is 0 Å². The Morgan fingerprint density at radius 1 is 1.03 bits per heavy atom. The summed E-state index contributed by atoms with van der Waals surface area (Å²) in [5.74, 6) is 0.0707. The minimum Gasteiger partial charge on any atom is -0.507 e. The minimum absolute atomic E-state index is 0.0198. The molecular formula is C28H29NO6. The SMILES string of the molecule is CCCCCOc1ccc(C2C(=C(O)c3cccc(OC)c3)C(=O)C(=O)N2Cc2ccco2)cc1. The normalized spacial score (nSPS) is 17.1. The number of ketones is 1. The van der Waals surface area contributed by atoms with Gasteiger partial charge >= 0.3 is 0 Å². The fraction of sp³-hybridized carbons (Fsp3) is 0.286. The highest BCUT2D eigenvalue weighted by Gasteiger charge is 2.46. The molecule has 2 aromatic carbocycles. The van der Waals surface area contributed by atoms with Crippen LogP contribution in [0.4, 0.5) is 0 Å². The van der Waals surface area contributed by atoms with Gasteiger partial charge in [0.05, 0.1) is 38.1 Å². The van der Waals surface area contributed by atoms with E-state index in [4.69, 9.17) is 13.9 Å². The maximum absolute atomic E-state index is 13.2. The molecule has 1 unspecified atom stereocenters.